The summed E-state index contributed by atoms with van der Waals surface area (Å²) in [5.41, 5.74) is 4.13. The molecule has 68 valence electrons. The van der Waals surface area contributed by atoms with Gasteiger partial charge in [-0.3, -0.25) is 11.3 Å². The standard InChI is InChI=1S/C8H13IN2S/c1-5(2)8(11-10)6-3-7(9)12-4-6/h3-5,8,11H,10H2,1-2H3. The molecule has 0 aliphatic heterocycles. The average Bonchev–Trinajstić information content (AvgIpc) is 2.37. The maximum absolute atomic E-state index is 5.47. The van der Waals surface area contributed by atoms with Crippen molar-refractivity contribution in [3.63, 3.8) is 0 Å². The Bertz CT molecular complexity index is 247. The van der Waals surface area contributed by atoms with Crippen molar-refractivity contribution in [2.45, 2.75) is 19.9 Å². The Balaban J connectivity index is 2.80. The third-order valence-electron chi connectivity index (χ3n) is 1.79. The van der Waals surface area contributed by atoms with E-state index in [0.29, 0.717) is 5.92 Å². The van der Waals surface area contributed by atoms with Crippen LogP contribution in [0.25, 0.3) is 0 Å². The fraction of sp³-hybridized carbons (Fsp3) is 0.500. The zero-order valence-electron chi connectivity index (χ0n) is 7.17. The van der Waals surface area contributed by atoms with Gasteiger partial charge in [-0.1, -0.05) is 13.8 Å². The van der Waals surface area contributed by atoms with Crippen LogP contribution in [0.1, 0.15) is 25.5 Å². The van der Waals surface area contributed by atoms with Crippen LogP contribution in [-0.4, -0.2) is 0 Å². The molecule has 1 aromatic rings. The van der Waals surface area contributed by atoms with E-state index in [1.165, 1.54) is 8.45 Å². The number of nitrogens with one attached hydrogen (secondary N) is 1. The number of thiophene rings is 1. The first-order chi connectivity index (χ1) is 5.65. The van der Waals surface area contributed by atoms with Gasteiger partial charge in [0.25, 0.3) is 0 Å². The second kappa shape index (κ2) is 4.55. The number of hydrogen-bond acceptors (Lipinski definition) is 3. The summed E-state index contributed by atoms with van der Waals surface area (Å²) in [5.74, 6) is 6.00. The number of nitrogens with two attached hydrogens (primary N) is 1. The summed E-state index contributed by atoms with van der Waals surface area (Å²) in [5, 5.41) is 2.16. The van der Waals surface area contributed by atoms with Crippen molar-refractivity contribution in [2.24, 2.45) is 11.8 Å². The fourth-order valence-corrected chi connectivity index (χ4v) is 2.57. The van der Waals surface area contributed by atoms with E-state index in [4.69, 9.17) is 5.84 Å². The molecule has 0 saturated heterocycles. The van der Waals surface area contributed by atoms with E-state index in [1.54, 1.807) is 11.3 Å². The summed E-state index contributed by atoms with van der Waals surface area (Å²) >= 11 is 4.08. The summed E-state index contributed by atoms with van der Waals surface area (Å²) in [6.45, 7) is 4.32. The minimum Gasteiger partial charge on any atom is -0.271 e. The fourth-order valence-electron chi connectivity index (χ4n) is 1.16. The van der Waals surface area contributed by atoms with Crippen LogP contribution in [0.4, 0.5) is 0 Å². The van der Waals surface area contributed by atoms with E-state index >= 15 is 0 Å². The summed E-state index contributed by atoms with van der Waals surface area (Å²) in [6.07, 6.45) is 0. The molecule has 0 saturated carbocycles. The Morgan fingerprint density at radius 1 is 1.58 bits per heavy atom. The smallest absolute Gasteiger partial charge is 0.0656 e. The van der Waals surface area contributed by atoms with Gasteiger partial charge in [0, 0.05) is 6.04 Å². The Morgan fingerprint density at radius 2 is 2.25 bits per heavy atom. The van der Waals surface area contributed by atoms with Gasteiger partial charge in [0.05, 0.1) is 2.88 Å². The molecule has 0 aromatic carbocycles. The van der Waals surface area contributed by atoms with Gasteiger partial charge >= 0.3 is 0 Å². The quantitative estimate of drug-likeness (QED) is 0.511. The van der Waals surface area contributed by atoms with Gasteiger partial charge < -0.3 is 0 Å². The predicted octanol–water partition coefficient (Wildman–Crippen LogP) is 2.51. The first-order valence-corrected chi connectivity index (χ1v) is 5.81. The van der Waals surface area contributed by atoms with Crippen LogP contribution >= 0.6 is 33.9 Å². The highest BCUT2D eigenvalue weighted by Gasteiger charge is 2.14. The van der Waals surface area contributed by atoms with E-state index in [0.717, 1.165) is 0 Å². The second-order valence-electron chi connectivity index (χ2n) is 3.07. The Labute approximate surface area is 90.7 Å². The van der Waals surface area contributed by atoms with Gasteiger partial charge in [-0.25, -0.2) is 0 Å². The van der Waals surface area contributed by atoms with Gasteiger partial charge in [0.1, 0.15) is 0 Å². The molecular formula is C8H13IN2S. The molecule has 0 bridgehead atoms. The lowest BCUT2D eigenvalue weighted by Crippen LogP contribution is -2.31. The molecule has 0 aliphatic carbocycles. The molecule has 0 radical (unpaired) electrons. The van der Waals surface area contributed by atoms with Crippen LogP contribution in [0.2, 0.25) is 0 Å². The first-order valence-electron chi connectivity index (χ1n) is 3.85. The van der Waals surface area contributed by atoms with Crippen LogP contribution < -0.4 is 11.3 Å². The van der Waals surface area contributed by atoms with E-state index in [9.17, 15) is 0 Å². The molecule has 1 rings (SSSR count). The van der Waals surface area contributed by atoms with Crippen molar-refractivity contribution in [1.29, 1.82) is 0 Å². The second-order valence-corrected chi connectivity index (χ2v) is 5.88. The normalized spacial score (nSPS) is 13.8. The molecule has 1 heterocycles. The number of halogens is 1. The molecule has 0 spiro atoms. The molecule has 3 N–H and O–H groups in total. The summed E-state index contributed by atoms with van der Waals surface area (Å²) < 4.78 is 1.31. The molecular weight excluding hydrogens is 283 g/mol. The van der Waals surface area contributed by atoms with Gasteiger partial charge in [-0.15, -0.1) is 11.3 Å². The van der Waals surface area contributed by atoms with E-state index in [1.807, 2.05) is 0 Å². The largest absolute Gasteiger partial charge is 0.271 e. The number of hydrogen-bond donors (Lipinski definition) is 2. The van der Waals surface area contributed by atoms with E-state index in [-0.39, 0.29) is 6.04 Å². The van der Waals surface area contributed by atoms with Crippen LogP contribution in [0.5, 0.6) is 0 Å². The van der Waals surface area contributed by atoms with Crippen molar-refractivity contribution < 1.29 is 0 Å². The van der Waals surface area contributed by atoms with Gasteiger partial charge in [-0.2, -0.15) is 0 Å². The number of hydrazine groups is 1. The van der Waals surface area contributed by atoms with Gasteiger partial charge in [-0.05, 0) is 45.5 Å². The van der Waals surface area contributed by atoms with Crippen molar-refractivity contribution in [3.8, 4) is 0 Å². The highest BCUT2D eigenvalue weighted by molar-refractivity contribution is 14.1. The van der Waals surface area contributed by atoms with Crippen molar-refractivity contribution in [1.82, 2.24) is 5.43 Å². The Kier molecular flexibility index (Phi) is 3.95. The Morgan fingerprint density at radius 3 is 2.58 bits per heavy atom. The lowest BCUT2D eigenvalue weighted by Gasteiger charge is -2.18. The van der Waals surface area contributed by atoms with Crippen molar-refractivity contribution in [3.05, 3.63) is 19.9 Å². The zero-order valence-corrected chi connectivity index (χ0v) is 10.1. The van der Waals surface area contributed by atoms with Gasteiger partial charge in [0.15, 0.2) is 0 Å². The van der Waals surface area contributed by atoms with E-state index in [2.05, 4.69) is 53.3 Å². The molecule has 1 aromatic heterocycles. The molecule has 0 aliphatic rings. The molecule has 0 amide bonds. The maximum atomic E-state index is 5.47. The van der Waals surface area contributed by atoms with Crippen LogP contribution in [0.15, 0.2) is 11.4 Å². The maximum Gasteiger partial charge on any atom is 0.0656 e. The molecule has 2 nitrogen and oxygen atoms in total. The van der Waals surface area contributed by atoms with Crippen molar-refractivity contribution in [2.75, 3.05) is 0 Å². The summed E-state index contributed by atoms with van der Waals surface area (Å²) in [6, 6.07) is 2.46. The summed E-state index contributed by atoms with van der Waals surface area (Å²) in [7, 11) is 0. The zero-order chi connectivity index (χ0) is 9.14. The van der Waals surface area contributed by atoms with E-state index < -0.39 is 0 Å². The van der Waals surface area contributed by atoms with Crippen LogP contribution in [-0.2, 0) is 0 Å². The highest BCUT2D eigenvalue weighted by atomic mass is 127. The average molecular weight is 296 g/mol. The minimum atomic E-state index is 0.282. The monoisotopic (exact) mass is 296 g/mol. The summed E-state index contributed by atoms with van der Waals surface area (Å²) in [4.78, 5) is 0. The predicted molar refractivity (Wildman–Crippen MR) is 61.9 cm³/mol. The lowest BCUT2D eigenvalue weighted by atomic mass is 10.00. The molecule has 0 fully saturated rings. The highest BCUT2D eigenvalue weighted by Crippen LogP contribution is 2.26. The Hall–Kier alpha value is 0.350. The molecule has 12 heavy (non-hydrogen) atoms. The van der Waals surface area contributed by atoms with Crippen LogP contribution in [0.3, 0.4) is 0 Å². The third-order valence-corrected chi connectivity index (χ3v) is 3.60. The molecule has 1 atom stereocenters. The lowest BCUT2D eigenvalue weighted by molar-refractivity contribution is 0.422. The SMILES string of the molecule is CC(C)C(NN)c1csc(I)c1. The topological polar surface area (TPSA) is 38.0 Å². The van der Waals surface area contributed by atoms with Crippen LogP contribution in [0, 0.1) is 8.80 Å². The molecule has 4 heteroatoms. The van der Waals surface area contributed by atoms with Gasteiger partial charge in [0.2, 0.25) is 0 Å². The van der Waals surface area contributed by atoms with Crippen molar-refractivity contribution >= 4 is 33.9 Å². The third kappa shape index (κ3) is 2.42. The minimum absolute atomic E-state index is 0.282. The first kappa shape index (κ1) is 10.4. The number of rotatable bonds is 3. The molecule has 1 unspecified atom stereocenters.